The van der Waals surface area contributed by atoms with E-state index in [0.29, 0.717) is 51.3 Å². The van der Waals surface area contributed by atoms with E-state index in [1.807, 2.05) is 0 Å². The van der Waals surface area contributed by atoms with E-state index in [-0.39, 0.29) is 88.6 Å². The number of aromatic amines is 1. The van der Waals surface area contributed by atoms with Gasteiger partial charge in [-0.1, -0.05) is 131 Å². The number of carboxylic acid groups (broad SMARTS) is 1. The van der Waals surface area contributed by atoms with Crippen LogP contribution in [0, 0.1) is 17.6 Å². The molecule has 38 nitrogen and oxygen atoms in total. The van der Waals surface area contributed by atoms with Gasteiger partial charge in [-0.3, -0.25) is 76.7 Å². The van der Waals surface area contributed by atoms with Crippen LogP contribution in [-0.4, -0.2) is 301 Å². The van der Waals surface area contributed by atoms with Crippen LogP contribution in [0.1, 0.15) is 113 Å². The Kier molecular flexibility index (Phi) is 38.6. The fraction of sp³-hybridized carbons (Fsp3) is 0.478. The normalized spacial score (nSPS) is 24.7. The summed E-state index contributed by atoms with van der Waals surface area (Å²) in [4.78, 5) is 246. The predicted octanol–water partition coefficient (Wildman–Crippen LogP) is -0.905. The number of carbonyl (C=O) groups excluding carboxylic acids is 15. The number of thioether (sulfide) groups is 1. The Morgan fingerprint density at radius 3 is 1.59 bits per heavy atom. The van der Waals surface area contributed by atoms with Crippen molar-refractivity contribution in [3.8, 4) is 5.75 Å². The fourth-order valence-corrected chi connectivity index (χ4v) is 17.2. The highest BCUT2D eigenvalue weighted by molar-refractivity contribution is 8.00. The Morgan fingerprint density at radius 1 is 0.504 bits per heavy atom. The zero-order valence-corrected chi connectivity index (χ0v) is 75.8. The number of benzene rings is 5. The number of aliphatic carboxylic acids is 1. The Morgan fingerprint density at radius 2 is 1.01 bits per heavy atom. The van der Waals surface area contributed by atoms with Crippen LogP contribution in [0.25, 0.3) is 10.9 Å². The van der Waals surface area contributed by atoms with Crippen molar-refractivity contribution in [2.45, 2.75) is 208 Å². The largest absolute Gasteiger partial charge is 0.508 e. The van der Waals surface area contributed by atoms with Crippen molar-refractivity contribution in [3.63, 3.8) is 0 Å². The van der Waals surface area contributed by atoms with Crippen molar-refractivity contribution in [2.24, 2.45) is 23.1 Å². The number of para-hydroxylation sites is 1. The molecule has 3 fully saturated rings. The molecule has 133 heavy (non-hydrogen) atoms. The molecule has 0 bridgehead atoms. The van der Waals surface area contributed by atoms with Gasteiger partial charge >= 0.3 is 5.97 Å². The molecule has 3 aliphatic rings. The van der Waals surface area contributed by atoms with Crippen LogP contribution < -0.4 is 65.1 Å². The molecule has 0 radical (unpaired) electrons. The van der Waals surface area contributed by atoms with Gasteiger partial charge in [-0.15, -0.1) is 11.8 Å². The summed E-state index contributed by atoms with van der Waals surface area (Å²) in [5.41, 5.74) is 19.9. The lowest BCUT2D eigenvalue weighted by molar-refractivity contribution is -0.152. The van der Waals surface area contributed by atoms with E-state index in [1.165, 1.54) is 59.3 Å². The first-order valence-corrected chi connectivity index (χ1v) is 45.3. The smallest absolute Gasteiger partial charge is 0.305 e. The summed E-state index contributed by atoms with van der Waals surface area (Å²) in [5.74, 6) is -21.5. The van der Waals surface area contributed by atoms with Crippen molar-refractivity contribution < 1.29 is 106 Å². The molecule has 1 aromatic heterocycles. The first-order valence-electron chi connectivity index (χ1n) is 44.2. The summed E-state index contributed by atoms with van der Waals surface area (Å²) in [7, 11) is 3.75. The number of carboxylic acids is 1. The van der Waals surface area contributed by atoms with Gasteiger partial charge in [-0.2, -0.15) is 0 Å². The molecule has 3 aliphatic heterocycles. The SMILES string of the molecule is CCCC[C@H]1C(=O)N2C[C@H](O)C[C@@H]2C(=O)N[C@@H](CC(=O)O)C(=O)N[C@@H](C(C)C)C(=O)N(C)[C@H](Cc2ccccc2)C(=O)N[C@@H](CCCN)C(=O)N2C[C@H](O)C[C@@H]2C(=O)N[C@@H](Cc2c[nH]c3ccccc23)C(=O)N[C@@H](Cc2ccc(O)cc2)C(=O)N[C@@H](CCCN)C(=O)N[C@H](C(=O)NCC(N)=O)CSCC(=O)N[C@@H](Cc2ccc(F)c(F)c2)C(=O)N(C)[C@@H](Cc2ccccc2)C(=O)N1C. The third kappa shape index (κ3) is 29.0. The summed E-state index contributed by atoms with van der Waals surface area (Å²) >= 11 is 0.696. The maximum atomic E-state index is 15.7. The molecule has 15 atom stereocenters. The van der Waals surface area contributed by atoms with Gasteiger partial charge in [0, 0.05) is 102 Å². The van der Waals surface area contributed by atoms with E-state index in [2.05, 4.69) is 52.8 Å². The number of hydrogen-bond donors (Lipinski definition) is 17. The van der Waals surface area contributed by atoms with Crippen molar-refractivity contribution in [2.75, 3.05) is 65.4 Å². The summed E-state index contributed by atoms with van der Waals surface area (Å²) in [6.07, 6.45) is -4.78. The topological polar surface area (TPSA) is 572 Å². The number of rotatable bonds is 25. The highest BCUT2D eigenvalue weighted by atomic mass is 32.2. The fourth-order valence-electron chi connectivity index (χ4n) is 16.4. The zero-order valence-electron chi connectivity index (χ0n) is 74.9. The van der Waals surface area contributed by atoms with E-state index in [4.69, 9.17) is 17.2 Å². The van der Waals surface area contributed by atoms with Crippen molar-refractivity contribution in [3.05, 3.63) is 173 Å². The van der Waals surface area contributed by atoms with E-state index >= 15 is 47.5 Å². The third-order valence-electron chi connectivity index (χ3n) is 23.7. The van der Waals surface area contributed by atoms with Crippen LogP contribution >= 0.6 is 11.8 Å². The summed E-state index contributed by atoms with van der Waals surface area (Å²) in [5, 5.41) is 67.7. The second kappa shape index (κ2) is 49.5. The minimum absolute atomic E-state index is 0.0314. The Hall–Kier alpha value is -13.0. The summed E-state index contributed by atoms with van der Waals surface area (Å²) < 4.78 is 29.8. The van der Waals surface area contributed by atoms with E-state index < -0.39 is 260 Å². The van der Waals surface area contributed by atoms with Crippen molar-refractivity contribution in [1.29, 1.82) is 0 Å². The maximum Gasteiger partial charge on any atom is 0.305 e. The van der Waals surface area contributed by atoms with Gasteiger partial charge in [0.2, 0.25) is 88.6 Å². The highest BCUT2D eigenvalue weighted by Gasteiger charge is 2.48. The maximum absolute atomic E-state index is 15.7. The molecule has 0 saturated carbocycles. The number of nitrogens with zero attached hydrogens (tertiary/aromatic N) is 5. The van der Waals surface area contributed by atoms with Gasteiger partial charge in [0.1, 0.15) is 84.3 Å². The molecule has 0 unspecified atom stereocenters. The van der Waals surface area contributed by atoms with Gasteiger partial charge in [0.15, 0.2) is 11.6 Å². The minimum Gasteiger partial charge on any atom is -0.508 e. The van der Waals surface area contributed by atoms with E-state index in [1.54, 1.807) is 98.0 Å². The number of aliphatic hydroxyl groups is 2. The van der Waals surface area contributed by atoms with Crippen LogP contribution in [0.5, 0.6) is 5.75 Å². The molecule has 718 valence electrons. The lowest BCUT2D eigenvalue weighted by Crippen LogP contribution is -2.62. The lowest BCUT2D eigenvalue weighted by Gasteiger charge is -2.38. The number of amides is 15. The third-order valence-corrected chi connectivity index (χ3v) is 24.7. The molecule has 5 aromatic carbocycles. The predicted molar refractivity (Wildman–Crippen MR) is 484 cm³/mol. The molecule has 3 saturated heterocycles. The molecule has 15 amide bonds. The number of aliphatic hydroxyl groups excluding tert-OH is 2. The first-order chi connectivity index (χ1) is 63.4. The number of hydrogen-bond acceptors (Lipinski definition) is 22. The van der Waals surface area contributed by atoms with Crippen LogP contribution in [0.15, 0.2) is 134 Å². The van der Waals surface area contributed by atoms with E-state index in [0.717, 1.165) is 42.7 Å². The molecule has 6 aromatic rings. The number of phenols is 1. The number of carbonyl (C=O) groups is 16. The lowest BCUT2D eigenvalue weighted by atomic mass is 9.98. The van der Waals surface area contributed by atoms with Crippen LogP contribution in [0.3, 0.4) is 0 Å². The van der Waals surface area contributed by atoms with Gasteiger partial charge in [0.25, 0.3) is 0 Å². The number of phenolic OH excluding ortho intramolecular Hbond substituents is 1. The number of nitrogens with two attached hydrogens (primary N) is 3. The number of aromatic nitrogens is 1. The number of primary amides is 1. The summed E-state index contributed by atoms with van der Waals surface area (Å²) in [6.45, 7) is 2.94. The van der Waals surface area contributed by atoms with Crippen molar-refractivity contribution in [1.82, 2.24) is 77.3 Å². The zero-order chi connectivity index (χ0) is 97.0. The van der Waals surface area contributed by atoms with Crippen LogP contribution in [0.4, 0.5) is 8.78 Å². The average Bonchev–Trinajstić information content (AvgIpc) is 1.72. The van der Waals surface area contributed by atoms with Gasteiger partial charge in [-0.05, 0) is 109 Å². The van der Waals surface area contributed by atoms with Crippen molar-refractivity contribution >= 4 is 117 Å². The summed E-state index contributed by atoms with van der Waals surface area (Å²) in [6, 6.07) is 10.3. The minimum atomic E-state index is -2.02. The van der Waals surface area contributed by atoms with E-state index in [9.17, 15) is 58.4 Å². The Balaban J connectivity index is 1.13. The molecular formula is C92H120F2N18O20S. The average molecular weight is 1870 g/mol. The molecule has 0 spiro atoms. The number of fused-ring (bicyclic) bond motifs is 3. The van der Waals surface area contributed by atoms with Gasteiger partial charge in [0.05, 0.1) is 30.9 Å². The Labute approximate surface area is 771 Å². The molecule has 41 heteroatoms. The quantitative estimate of drug-likeness (QED) is 0.0330. The molecule has 0 aliphatic carbocycles. The standard InChI is InChI=1S/C92H120F2N18O20S/c1-7-8-27-71-91(131)112-48-59(115)43-74(112)87(127)105-68(44-78(118)119)84(124)107-79(51(2)3)92(132)109(5)72(39-52-19-11-9-12-20-52)85(125)102-65(26-18-35-96)89(129)111-47-58(114)42-73(111)86(126)104-67(41-56-45-98-63-24-16-15-23-60(56)63)83(123)103-66(37-54-28-31-57(113)32-29-54)82(122)101-64(25-17-34-95)81(121)106-70(80(120)99-46-76(97)116)49-133-50-77(117)100-69(38-55-30-33-61(93)62(94)36-55)88(128)110(6)75(90(130)108(71)4)40-53-21-13-10-14-22-53/h9-16,19-24,28-33,36,45,51,58-59,64-75,79,98,113-115H,7-8,17-18,25-27,34-35,37-44,46-50,95-96H2,1-6H3,(H2,97,116)(H,99,120)(H,100,117)(H,101,122)(H,102,125)(H,103,123)(H,104,126)(H,105,127)(H,106,121)(H,107,124)(H,118,119)/t58-,59-,64+,65+,66+,67+,68+,69+,70+,71+,72-,73-,74-,75+,79+/m1/s1. The first kappa shape index (κ1) is 104. The number of halogens is 2. The second-order valence-electron chi connectivity index (χ2n) is 34.0. The second-order valence-corrected chi connectivity index (χ2v) is 35.0. The molecule has 4 heterocycles. The highest BCUT2D eigenvalue weighted by Crippen LogP contribution is 2.29. The monoisotopic (exact) mass is 1870 g/mol. The number of nitrogens with one attached hydrogen (secondary N) is 10. The van der Waals surface area contributed by atoms with Gasteiger partial charge in [-0.25, -0.2) is 8.78 Å². The van der Waals surface area contributed by atoms with Crippen LogP contribution in [-0.2, 0) is 109 Å². The van der Waals surface area contributed by atoms with Crippen LogP contribution in [0.2, 0.25) is 0 Å². The van der Waals surface area contributed by atoms with Gasteiger partial charge < -0.3 is 115 Å². The number of unbranched alkanes of at least 4 members (excludes halogenated alkanes) is 1. The number of likely N-dealkylation sites (N-methyl/N-ethyl adjacent to an activating group) is 3. The molecule has 9 rings (SSSR count). The Bertz CT molecular complexity index is 5120. The molecule has 20 N–H and O–H groups in total. The number of aromatic hydroxyl groups is 1. The molecular weight excluding hydrogens is 1750 g/mol. The number of H-pyrrole nitrogens is 1.